The fourth-order valence-electron chi connectivity index (χ4n) is 1.78. The van der Waals surface area contributed by atoms with Crippen LogP contribution in [0.2, 0.25) is 0 Å². The van der Waals surface area contributed by atoms with Crippen LogP contribution in [-0.4, -0.2) is 37.4 Å². The minimum atomic E-state index is -4.23. The predicted molar refractivity (Wildman–Crippen MR) is 66.3 cm³/mol. The molecule has 0 aromatic heterocycles. The molecule has 0 aliphatic carbocycles. The zero-order valence-electron chi connectivity index (χ0n) is 10.3. The molecule has 0 bridgehead atoms. The van der Waals surface area contributed by atoms with E-state index in [1.165, 1.54) is 0 Å². The largest absolute Gasteiger partial charge is 0.381 e. The van der Waals surface area contributed by atoms with Crippen molar-refractivity contribution in [1.82, 2.24) is 5.32 Å². The van der Waals surface area contributed by atoms with Crippen molar-refractivity contribution >= 4 is 17.3 Å². The molecule has 0 spiro atoms. The van der Waals surface area contributed by atoms with E-state index in [4.69, 9.17) is 0 Å². The van der Waals surface area contributed by atoms with Gasteiger partial charge in [-0.2, -0.15) is 8.78 Å². The number of halogens is 4. The highest BCUT2D eigenvalue weighted by atomic mass is 19.3. The number of fused-ring (bicyclic) bond motifs is 1. The second kappa shape index (κ2) is 5.56. The van der Waals surface area contributed by atoms with Crippen LogP contribution in [-0.2, 0) is 4.79 Å². The minimum Gasteiger partial charge on any atom is -0.381 e. The highest BCUT2D eigenvalue weighted by molar-refractivity contribution is 5.88. The summed E-state index contributed by atoms with van der Waals surface area (Å²) in [7, 11) is 0. The lowest BCUT2D eigenvalue weighted by Gasteiger charge is -2.28. The third kappa shape index (κ3) is 3.12. The van der Waals surface area contributed by atoms with Gasteiger partial charge in [-0.15, -0.1) is 0 Å². The molecule has 1 aromatic rings. The van der Waals surface area contributed by atoms with Gasteiger partial charge in [0, 0.05) is 6.54 Å². The maximum absolute atomic E-state index is 12.7. The molecule has 1 atom stereocenters. The number of carbonyl (C=O) groups is 1. The summed E-state index contributed by atoms with van der Waals surface area (Å²) in [5.74, 6) is -4.98. The summed E-state index contributed by atoms with van der Waals surface area (Å²) in [6, 6.07) is 6.27. The van der Waals surface area contributed by atoms with Gasteiger partial charge in [0.1, 0.15) is 6.04 Å². The number of benzene rings is 1. The van der Waals surface area contributed by atoms with Crippen molar-refractivity contribution in [1.29, 1.82) is 0 Å². The molecular weight excluding hydrogens is 278 g/mol. The number of alkyl halides is 4. The molecular formula is C12H13F4N3O. The van der Waals surface area contributed by atoms with Gasteiger partial charge < -0.3 is 16.0 Å². The Balaban J connectivity index is 1.92. The molecule has 0 radical (unpaired) electrons. The topological polar surface area (TPSA) is 53.2 Å². The Labute approximate surface area is 112 Å². The zero-order chi connectivity index (χ0) is 14.8. The van der Waals surface area contributed by atoms with E-state index >= 15 is 0 Å². The monoisotopic (exact) mass is 291 g/mol. The van der Waals surface area contributed by atoms with Gasteiger partial charge in [0.15, 0.2) is 0 Å². The maximum Gasteiger partial charge on any atom is 0.324 e. The molecule has 110 valence electrons. The van der Waals surface area contributed by atoms with Crippen molar-refractivity contribution in [3.8, 4) is 0 Å². The molecule has 1 aromatic carbocycles. The Morgan fingerprint density at radius 3 is 2.65 bits per heavy atom. The van der Waals surface area contributed by atoms with E-state index < -0.39 is 30.8 Å². The summed E-state index contributed by atoms with van der Waals surface area (Å²) in [4.78, 5) is 11.7. The average molecular weight is 291 g/mol. The van der Waals surface area contributed by atoms with Gasteiger partial charge in [-0.25, -0.2) is 8.78 Å². The molecule has 1 aliphatic rings. The van der Waals surface area contributed by atoms with E-state index in [1.807, 2.05) is 5.32 Å². The fourth-order valence-corrected chi connectivity index (χ4v) is 1.78. The second-order valence-electron chi connectivity index (χ2n) is 4.40. The number of nitrogens with one attached hydrogen (secondary N) is 3. The molecule has 0 saturated carbocycles. The summed E-state index contributed by atoms with van der Waals surface area (Å²) in [5.41, 5.74) is 1.44. The molecule has 1 amide bonds. The molecule has 0 fully saturated rings. The number of anilines is 2. The highest BCUT2D eigenvalue weighted by Crippen LogP contribution is 2.25. The van der Waals surface area contributed by atoms with Crippen LogP contribution in [0.3, 0.4) is 0 Å². The first-order valence-corrected chi connectivity index (χ1v) is 5.93. The van der Waals surface area contributed by atoms with Gasteiger partial charge in [-0.3, -0.25) is 4.79 Å². The van der Waals surface area contributed by atoms with E-state index in [2.05, 4.69) is 10.6 Å². The first-order chi connectivity index (χ1) is 9.40. The normalized spacial score (nSPS) is 17.9. The van der Waals surface area contributed by atoms with Crippen molar-refractivity contribution in [2.45, 2.75) is 18.4 Å². The van der Waals surface area contributed by atoms with Gasteiger partial charge in [0.05, 0.1) is 17.9 Å². The third-order valence-electron chi connectivity index (χ3n) is 2.89. The van der Waals surface area contributed by atoms with Crippen LogP contribution in [0, 0.1) is 0 Å². The molecule has 1 unspecified atom stereocenters. The van der Waals surface area contributed by atoms with E-state index in [0.29, 0.717) is 5.69 Å². The number of hydrogen-bond donors (Lipinski definition) is 3. The highest BCUT2D eigenvalue weighted by Gasteiger charge is 2.41. The third-order valence-corrected chi connectivity index (χ3v) is 2.89. The molecule has 8 heteroatoms. The van der Waals surface area contributed by atoms with E-state index in [0.717, 1.165) is 5.69 Å². The summed E-state index contributed by atoms with van der Waals surface area (Å²) in [6.07, 6.45) is -3.80. The average Bonchev–Trinajstić information content (AvgIpc) is 2.44. The Bertz CT molecular complexity index is 495. The lowest BCUT2D eigenvalue weighted by atomic mass is 10.1. The number of amides is 1. The molecule has 1 heterocycles. The molecule has 0 saturated heterocycles. The first kappa shape index (κ1) is 14.4. The fraction of sp³-hybridized carbons (Fsp3) is 0.417. The lowest BCUT2D eigenvalue weighted by molar-refractivity contribution is -0.136. The van der Waals surface area contributed by atoms with E-state index in [9.17, 15) is 22.4 Å². The Hall–Kier alpha value is -1.99. The molecule has 20 heavy (non-hydrogen) atoms. The maximum atomic E-state index is 12.7. The van der Waals surface area contributed by atoms with Crippen LogP contribution in [0.4, 0.5) is 28.9 Å². The quantitative estimate of drug-likeness (QED) is 0.743. The van der Waals surface area contributed by atoms with Crippen LogP contribution >= 0.6 is 0 Å². The number of carbonyl (C=O) groups excluding carboxylic acids is 1. The van der Waals surface area contributed by atoms with Crippen LogP contribution < -0.4 is 16.0 Å². The summed E-state index contributed by atoms with van der Waals surface area (Å²) >= 11 is 0. The summed E-state index contributed by atoms with van der Waals surface area (Å²) in [5, 5.41) is 7.64. The molecule has 1 aliphatic heterocycles. The molecule has 3 N–H and O–H groups in total. The van der Waals surface area contributed by atoms with Gasteiger partial charge in [-0.05, 0) is 12.1 Å². The molecule has 4 nitrogen and oxygen atoms in total. The van der Waals surface area contributed by atoms with E-state index in [-0.39, 0.29) is 6.54 Å². The SMILES string of the molecule is O=C(NCC(F)(F)C(F)F)C1CNc2ccccc2N1. The standard InChI is InChI=1S/C12H13F4N3O/c13-11(14)12(15,16)6-18-10(20)9-5-17-7-3-1-2-4-8(7)19-9/h1-4,9,11,17,19H,5-6H2,(H,18,20). The Kier molecular flexibility index (Phi) is 4.01. The zero-order valence-corrected chi connectivity index (χ0v) is 10.3. The second-order valence-corrected chi connectivity index (χ2v) is 4.40. The Morgan fingerprint density at radius 1 is 1.35 bits per heavy atom. The predicted octanol–water partition coefficient (Wildman–Crippen LogP) is 1.91. The number of hydrogen-bond acceptors (Lipinski definition) is 3. The van der Waals surface area contributed by atoms with Crippen molar-refractivity contribution in [3.05, 3.63) is 24.3 Å². The van der Waals surface area contributed by atoms with Crippen molar-refractivity contribution < 1.29 is 22.4 Å². The minimum absolute atomic E-state index is 0.184. The van der Waals surface area contributed by atoms with E-state index in [1.54, 1.807) is 24.3 Å². The number of rotatable bonds is 4. The van der Waals surface area contributed by atoms with Gasteiger partial charge in [0.25, 0.3) is 0 Å². The number of para-hydroxylation sites is 2. The smallest absolute Gasteiger partial charge is 0.324 e. The van der Waals surface area contributed by atoms with Gasteiger partial charge in [-0.1, -0.05) is 12.1 Å². The van der Waals surface area contributed by atoms with Crippen molar-refractivity contribution in [3.63, 3.8) is 0 Å². The van der Waals surface area contributed by atoms with Crippen LogP contribution in [0.15, 0.2) is 24.3 Å². The van der Waals surface area contributed by atoms with Crippen molar-refractivity contribution in [2.24, 2.45) is 0 Å². The first-order valence-electron chi connectivity index (χ1n) is 5.93. The van der Waals surface area contributed by atoms with Crippen LogP contribution in [0.25, 0.3) is 0 Å². The van der Waals surface area contributed by atoms with Crippen LogP contribution in [0.5, 0.6) is 0 Å². The van der Waals surface area contributed by atoms with Crippen LogP contribution in [0.1, 0.15) is 0 Å². The molecule has 2 rings (SSSR count). The summed E-state index contributed by atoms with van der Waals surface area (Å²) in [6.45, 7) is -1.20. The lowest BCUT2D eigenvalue weighted by Crippen LogP contribution is -2.50. The van der Waals surface area contributed by atoms with Gasteiger partial charge in [0.2, 0.25) is 5.91 Å². The van der Waals surface area contributed by atoms with Gasteiger partial charge >= 0.3 is 12.3 Å². The van der Waals surface area contributed by atoms with Crippen molar-refractivity contribution in [2.75, 3.05) is 23.7 Å². The Morgan fingerprint density at radius 2 is 2.00 bits per heavy atom. The summed E-state index contributed by atoms with van der Waals surface area (Å²) < 4.78 is 49.4.